The maximum Gasteiger partial charge on any atom is 0.251 e. The first-order valence-electron chi connectivity index (χ1n) is 10.8. The molecule has 1 atom stereocenters. The fourth-order valence-corrected chi connectivity index (χ4v) is 3.61. The van der Waals surface area contributed by atoms with Crippen molar-refractivity contribution in [2.45, 2.75) is 13.0 Å². The van der Waals surface area contributed by atoms with E-state index in [0.717, 1.165) is 11.1 Å². The van der Waals surface area contributed by atoms with Gasteiger partial charge in [0.05, 0.1) is 7.11 Å². The average molecular weight is 459 g/mol. The lowest BCUT2D eigenvalue weighted by atomic mass is 10.0. The summed E-state index contributed by atoms with van der Waals surface area (Å²) in [5.41, 5.74) is 3.18. The number of nitrogens with zero attached hydrogens (tertiary/aromatic N) is 1. The molecule has 0 bridgehead atoms. The van der Waals surface area contributed by atoms with Crippen molar-refractivity contribution in [1.82, 2.24) is 4.90 Å². The number of benzene rings is 3. The number of hydrogen-bond acceptors (Lipinski definition) is 5. The van der Waals surface area contributed by atoms with Crippen LogP contribution in [0.5, 0.6) is 17.2 Å². The van der Waals surface area contributed by atoms with Crippen LogP contribution in [0.1, 0.15) is 22.7 Å². The normalized spacial score (nSPS) is 12.9. The third kappa shape index (κ3) is 5.20. The molecule has 7 heteroatoms. The molecule has 0 radical (unpaired) electrons. The second-order valence-electron chi connectivity index (χ2n) is 7.93. The fraction of sp³-hybridized carbons (Fsp3) is 0.185. The van der Waals surface area contributed by atoms with E-state index in [1.165, 1.54) is 11.0 Å². The number of hydrogen-bond donors (Lipinski definition) is 1. The minimum absolute atomic E-state index is 0.186. The highest BCUT2D eigenvalue weighted by Gasteiger charge is 2.28. The number of nitrogens with one attached hydrogen (secondary N) is 1. The molecule has 0 saturated heterocycles. The number of aryl methyl sites for hydroxylation is 1. The molecule has 7 nitrogen and oxygen atoms in total. The Balaban J connectivity index is 1.55. The molecule has 1 aliphatic heterocycles. The van der Waals surface area contributed by atoms with Crippen LogP contribution in [0.15, 0.2) is 72.8 Å². The highest BCUT2D eigenvalue weighted by atomic mass is 16.7. The fourth-order valence-electron chi connectivity index (χ4n) is 3.61. The molecule has 174 valence electrons. The van der Waals surface area contributed by atoms with E-state index in [-0.39, 0.29) is 18.6 Å². The highest BCUT2D eigenvalue weighted by molar-refractivity contribution is 6.00. The summed E-state index contributed by atoms with van der Waals surface area (Å²) in [6.45, 7) is 2.16. The molecule has 0 aliphatic carbocycles. The van der Waals surface area contributed by atoms with Gasteiger partial charge in [-0.25, -0.2) is 0 Å². The van der Waals surface area contributed by atoms with Gasteiger partial charge in [-0.15, -0.1) is 0 Å². The summed E-state index contributed by atoms with van der Waals surface area (Å²) in [7, 11) is 3.20. The van der Waals surface area contributed by atoms with Crippen molar-refractivity contribution in [3.8, 4) is 17.2 Å². The van der Waals surface area contributed by atoms with E-state index in [4.69, 9.17) is 14.2 Å². The third-order valence-corrected chi connectivity index (χ3v) is 5.55. The van der Waals surface area contributed by atoms with Crippen molar-refractivity contribution in [3.63, 3.8) is 0 Å². The number of ether oxygens (including phenoxy) is 3. The van der Waals surface area contributed by atoms with Crippen molar-refractivity contribution in [2.24, 2.45) is 0 Å². The Hall–Kier alpha value is -4.26. The molecule has 3 aromatic carbocycles. The first-order valence-corrected chi connectivity index (χ1v) is 10.8. The third-order valence-electron chi connectivity index (χ3n) is 5.55. The van der Waals surface area contributed by atoms with Gasteiger partial charge in [-0.05, 0) is 60.5 Å². The van der Waals surface area contributed by atoms with Crippen molar-refractivity contribution >= 4 is 23.6 Å². The summed E-state index contributed by atoms with van der Waals surface area (Å²) in [6.07, 6.45) is 3.13. The number of anilines is 1. The Labute approximate surface area is 198 Å². The van der Waals surface area contributed by atoms with Crippen LogP contribution in [0.4, 0.5) is 5.69 Å². The summed E-state index contributed by atoms with van der Waals surface area (Å²) in [5, 5.41) is 2.90. The van der Waals surface area contributed by atoms with E-state index in [1.54, 1.807) is 56.6 Å². The standard InChI is InChI=1S/C27H26N2O5/c1-18-4-8-20(9-5-18)26(27(31)28-21-10-12-22(32-3)13-11-21)29(2)25(30)15-7-19-6-14-23-24(16-19)34-17-33-23/h4-16,26H,17H2,1-3H3,(H,28,31)/b15-7-/t26-/m0/s1. The Morgan fingerprint density at radius 1 is 1.00 bits per heavy atom. The molecule has 34 heavy (non-hydrogen) atoms. The Morgan fingerprint density at radius 3 is 2.41 bits per heavy atom. The van der Waals surface area contributed by atoms with Gasteiger partial charge < -0.3 is 24.4 Å². The molecule has 3 aromatic rings. The largest absolute Gasteiger partial charge is 0.497 e. The van der Waals surface area contributed by atoms with Crippen LogP contribution < -0.4 is 19.5 Å². The molecule has 1 heterocycles. The lowest BCUT2D eigenvalue weighted by molar-refractivity contribution is -0.133. The van der Waals surface area contributed by atoms with Crippen molar-refractivity contribution in [1.29, 1.82) is 0 Å². The molecule has 0 saturated carbocycles. The van der Waals surface area contributed by atoms with Crippen LogP contribution in [-0.4, -0.2) is 37.7 Å². The maximum absolute atomic E-state index is 13.3. The van der Waals surface area contributed by atoms with Gasteiger partial charge in [-0.3, -0.25) is 9.59 Å². The molecular formula is C27H26N2O5. The predicted molar refractivity (Wildman–Crippen MR) is 130 cm³/mol. The van der Waals surface area contributed by atoms with Gasteiger partial charge in [0, 0.05) is 18.8 Å². The van der Waals surface area contributed by atoms with Crippen LogP contribution in [0, 0.1) is 6.92 Å². The number of likely N-dealkylation sites (N-methyl/N-ethyl adjacent to an activating group) is 1. The van der Waals surface area contributed by atoms with E-state index >= 15 is 0 Å². The number of carbonyl (C=O) groups is 2. The molecule has 0 fully saturated rings. The molecule has 4 rings (SSSR count). The predicted octanol–water partition coefficient (Wildman–Crippen LogP) is 4.58. The van der Waals surface area contributed by atoms with Gasteiger partial charge in [0.15, 0.2) is 11.5 Å². The first-order chi connectivity index (χ1) is 16.4. The molecule has 2 amide bonds. The number of rotatable bonds is 7. The second-order valence-corrected chi connectivity index (χ2v) is 7.93. The van der Waals surface area contributed by atoms with Gasteiger partial charge in [0.1, 0.15) is 11.8 Å². The van der Waals surface area contributed by atoms with Crippen LogP contribution in [0.2, 0.25) is 0 Å². The molecule has 0 spiro atoms. The van der Waals surface area contributed by atoms with Gasteiger partial charge >= 0.3 is 0 Å². The van der Waals surface area contributed by atoms with E-state index in [1.807, 2.05) is 37.3 Å². The number of amides is 2. The number of fused-ring (bicyclic) bond motifs is 1. The lowest BCUT2D eigenvalue weighted by Gasteiger charge is -2.27. The van der Waals surface area contributed by atoms with Crippen LogP contribution in [0.3, 0.4) is 0 Å². The Kier molecular flexibility index (Phi) is 6.82. The van der Waals surface area contributed by atoms with Crippen LogP contribution in [-0.2, 0) is 9.59 Å². The first kappa shape index (κ1) is 22.9. The summed E-state index contributed by atoms with van der Waals surface area (Å²) in [6, 6.07) is 19.2. The SMILES string of the molecule is COc1ccc(NC(=O)[C@H](c2ccc(C)cc2)N(C)C(=O)/C=C\c2ccc3c(c2)OCO3)cc1. The van der Waals surface area contributed by atoms with Crippen molar-refractivity contribution in [3.05, 3.63) is 89.5 Å². The summed E-state index contributed by atoms with van der Waals surface area (Å²) in [4.78, 5) is 27.8. The zero-order valence-electron chi connectivity index (χ0n) is 19.3. The van der Waals surface area contributed by atoms with Gasteiger partial charge in [0.25, 0.3) is 5.91 Å². The molecule has 0 unspecified atom stereocenters. The van der Waals surface area contributed by atoms with Crippen LogP contribution in [0.25, 0.3) is 6.08 Å². The van der Waals surface area contributed by atoms with Gasteiger partial charge in [0.2, 0.25) is 12.7 Å². The van der Waals surface area contributed by atoms with E-state index in [2.05, 4.69) is 5.32 Å². The molecule has 1 N–H and O–H groups in total. The Bertz CT molecular complexity index is 1200. The number of methoxy groups -OCH3 is 1. The van der Waals surface area contributed by atoms with E-state index in [9.17, 15) is 9.59 Å². The maximum atomic E-state index is 13.3. The van der Waals surface area contributed by atoms with Gasteiger partial charge in [-0.2, -0.15) is 0 Å². The zero-order valence-corrected chi connectivity index (χ0v) is 19.3. The number of carbonyl (C=O) groups excluding carboxylic acids is 2. The topological polar surface area (TPSA) is 77.1 Å². The minimum atomic E-state index is -0.823. The molecule has 0 aromatic heterocycles. The zero-order chi connectivity index (χ0) is 24.1. The van der Waals surface area contributed by atoms with Crippen molar-refractivity contribution in [2.75, 3.05) is 26.3 Å². The van der Waals surface area contributed by atoms with Gasteiger partial charge in [-0.1, -0.05) is 35.9 Å². The molecule has 1 aliphatic rings. The van der Waals surface area contributed by atoms with E-state index in [0.29, 0.717) is 28.5 Å². The summed E-state index contributed by atoms with van der Waals surface area (Å²) in [5.74, 6) is 1.37. The van der Waals surface area contributed by atoms with Crippen molar-refractivity contribution < 1.29 is 23.8 Å². The monoisotopic (exact) mass is 458 g/mol. The smallest absolute Gasteiger partial charge is 0.251 e. The van der Waals surface area contributed by atoms with E-state index < -0.39 is 6.04 Å². The highest BCUT2D eigenvalue weighted by Crippen LogP contribution is 2.33. The van der Waals surface area contributed by atoms with Crippen LogP contribution >= 0.6 is 0 Å². The summed E-state index contributed by atoms with van der Waals surface area (Å²) < 4.78 is 15.9. The summed E-state index contributed by atoms with van der Waals surface area (Å²) >= 11 is 0. The second kappa shape index (κ2) is 10.1. The average Bonchev–Trinajstić information content (AvgIpc) is 3.32. The lowest BCUT2D eigenvalue weighted by Crippen LogP contribution is -2.37. The quantitative estimate of drug-likeness (QED) is 0.525. The minimum Gasteiger partial charge on any atom is -0.497 e. The molecular weight excluding hydrogens is 432 g/mol. The Morgan fingerprint density at radius 2 is 1.71 bits per heavy atom.